The van der Waals surface area contributed by atoms with E-state index in [-0.39, 0.29) is 56.5 Å². The number of hydrogen-bond donors (Lipinski definition) is 15. The Morgan fingerprint density at radius 1 is 0.550 bits per heavy atom. The lowest BCUT2D eigenvalue weighted by Crippen LogP contribution is -2.74. The molecule has 0 fully saturated rings. The lowest BCUT2D eigenvalue weighted by molar-refractivity contribution is -0.165. The van der Waals surface area contributed by atoms with E-state index in [1.807, 2.05) is 0 Å². The van der Waals surface area contributed by atoms with E-state index in [4.69, 9.17) is 5.73 Å². The van der Waals surface area contributed by atoms with Gasteiger partial charge in [-0.3, -0.25) is 33.7 Å². The Morgan fingerprint density at radius 2 is 0.900 bits per heavy atom. The highest BCUT2D eigenvalue weighted by Gasteiger charge is 2.59. The van der Waals surface area contributed by atoms with Gasteiger partial charge in [0.25, 0.3) is 0 Å². The normalized spacial score (nSPS) is 10.1. The highest BCUT2D eigenvalue weighted by atomic mass is 16.4. The van der Waals surface area contributed by atoms with Crippen LogP contribution in [0.4, 0.5) is 0 Å². The molecule has 0 aromatic carbocycles. The molecule has 0 aliphatic rings. The van der Waals surface area contributed by atoms with Crippen molar-refractivity contribution in [1.82, 2.24) is 52.4 Å². The summed E-state index contributed by atoms with van der Waals surface area (Å²) in [5.41, 5.74) is 0.328. The topological polar surface area (TPSA) is 487 Å². The fraction of sp³-hybridized carbons (Fsp3) is 0.667. The maximum absolute atomic E-state index is 11.8. The van der Waals surface area contributed by atoms with Crippen molar-refractivity contribution in [2.75, 3.05) is 39.3 Å². The summed E-state index contributed by atoms with van der Waals surface area (Å²) < 4.78 is 0. The van der Waals surface area contributed by atoms with Crippen LogP contribution in [0.3, 0.4) is 0 Å². The molecule has 0 aromatic rings. The monoisotopic (exact) mass is 596 g/mol. The number of carboxylic acids is 6. The van der Waals surface area contributed by atoms with Gasteiger partial charge in [-0.05, 0) is 0 Å². The SMILES string of the molecule is N.N.N.N.N.N.NCCNCCNC(CC(=O)O)(CC(=O)O)C(CC(=O)O)(CC(=O)O)N(CC(=O)O)CC(=O)O. The molecule has 0 spiro atoms. The molecule has 22 heteroatoms. The van der Waals surface area contributed by atoms with Crippen LogP contribution in [-0.4, -0.2) is 122 Å². The van der Waals surface area contributed by atoms with E-state index in [2.05, 4.69) is 10.6 Å². The maximum Gasteiger partial charge on any atom is 0.317 e. The van der Waals surface area contributed by atoms with Gasteiger partial charge < -0.3 is 83.9 Å². The van der Waals surface area contributed by atoms with Crippen molar-refractivity contribution >= 4 is 35.8 Å². The van der Waals surface area contributed by atoms with E-state index in [1.54, 1.807) is 0 Å². The molecule has 22 nitrogen and oxygen atoms in total. The van der Waals surface area contributed by atoms with E-state index in [0.717, 1.165) is 0 Å². The number of nitrogens with one attached hydrogen (secondary N) is 2. The van der Waals surface area contributed by atoms with Crippen LogP contribution in [0.2, 0.25) is 0 Å². The number of nitrogens with two attached hydrogens (primary N) is 1. The summed E-state index contributed by atoms with van der Waals surface area (Å²) in [5, 5.41) is 62.4. The van der Waals surface area contributed by atoms with E-state index in [9.17, 15) is 59.4 Å². The Labute approximate surface area is 230 Å². The largest absolute Gasteiger partial charge is 0.481 e. The highest BCUT2D eigenvalue weighted by Crippen LogP contribution is 2.41. The molecule has 40 heavy (non-hydrogen) atoms. The van der Waals surface area contributed by atoms with Crippen LogP contribution in [0.1, 0.15) is 25.7 Å². The molecular weight excluding hydrogens is 548 g/mol. The molecule has 0 rings (SSSR count). The van der Waals surface area contributed by atoms with Gasteiger partial charge in [-0.2, -0.15) is 0 Å². The summed E-state index contributed by atoms with van der Waals surface area (Å²) in [6, 6.07) is 0. The molecule has 0 aromatic heterocycles. The average molecular weight is 597 g/mol. The molecule has 0 amide bonds. The first-order chi connectivity index (χ1) is 15.7. The zero-order valence-corrected chi connectivity index (χ0v) is 22.5. The zero-order chi connectivity index (χ0) is 26.5. The van der Waals surface area contributed by atoms with E-state index in [1.165, 1.54) is 0 Å². The van der Waals surface area contributed by atoms with Crippen LogP contribution in [0.15, 0.2) is 0 Å². The molecule has 0 radical (unpaired) electrons. The molecule has 0 heterocycles. The summed E-state index contributed by atoms with van der Waals surface area (Å²) in [4.78, 5) is 70.8. The Bertz CT molecular complexity index is 739. The standard InChI is InChI=1S/C18H30N4O12.6H3N/c19-1-2-20-3-4-21-17(5-11(23)24,6-12(25)26)18(7-13(27)28,8-14(29)30)22(9-15(31)32)10-16(33)34;;;;;;/h20-21H,1-10,19H2,(H,23,24)(H,25,26)(H,27,28)(H,29,30)(H,31,32)(H,33,34);6*1H3. The second-order valence-corrected chi connectivity index (χ2v) is 7.50. The first kappa shape index (κ1) is 52.8. The second-order valence-electron chi connectivity index (χ2n) is 7.50. The highest BCUT2D eigenvalue weighted by molar-refractivity contribution is 5.80. The number of nitrogens with zero attached hydrogens (tertiary/aromatic N) is 1. The van der Waals surface area contributed by atoms with Crippen molar-refractivity contribution in [3.05, 3.63) is 0 Å². The molecule has 0 saturated carbocycles. The van der Waals surface area contributed by atoms with Gasteiger partial charge in [0.1, 0.15) is 0 Å². The van der Waals surface area contributed by atoms with Crippen LogP contribution < -0.4 is 53.3 Å². The summed E-state index contributed by atoms with van der Waals surface area (Å²) in [6.07, 6.45) is -4.87. The van der Waals surface area contributed by atoms with Gasteiger partial charge in [-0.25, -0.2) is 0 Å². The molecule has 242 valence electrons. The van der Waals surface area contributed by atoms with Crippen LogP contribution in [0, 0.1) is 0 Å². The third-order valence-corrected chi connectivity index (χ3v) is 5.03. The fourth-order valence-electron chi connectivity index (χ4n) is 3.93. The van der Waals surface area contributed by atoms with Crippen molar-refractivity contribution < 1.29 is 59.4 Å². The van der Waals surface area contributed by atoms with Gasteiger partial charge in [0.15, 0.2) is 0 Å². The summed E-state index contributed by atoms with van der Waals surface area (Å²) in [7, 11) is 0. The predicted molar refractivity (Wildman–Crippen MR) is 141 cm³/mol. The maximum atomic E-state index is 11.8. The Balaban J connectivity index is -0.000000363. The van der Waals surface area contributed by atoms with Gasteiger partial charge in [-0.15, -0.1) is 0 Å². The molecular formula is C18H48N10O12. The van der Waals surface area contributed by atoms with Crippen molar-refractivity contribution in [1.29, 1.82) is 0 Å². The Kier molecular flexibility index (Phi) is 32.3. The van der Waals surface area contributed by atoms with Crippen molar-refractivity contribution in [2.24, 2.45) is 5.73 Å². The van der Waals surface area contributed by atoms with Crippen LogP contribution in [-0.2, 0) is 28.8 Å². The van der Waals surface area contributed by atoms with Gasteiger partial charge in [-0.1, -0.05) is 0 Å². The lowest BCUT2D eigenvalue weighted by Gasteiger charge is -2.54. The minimum atomic E-state index is -2.61. The summed E-state index contributed by atoms with van der Waals surface area (Å²) >= 11 is 0. The van der Waals surface area contributed by atoms with Gasteiger partial charge in [0, 0.05) is 26.2 Å². The minimum absolute atomic E-state index is 0. The van der Waals surface area contributed by atoms with Crippen LogP contribution in [0.5, 0.6) is 0 Å². The number of rotatable bonds is 20. The third-order valence-electron chi connectivity index (χ3n) is 5.03. The number of aliphatic carboxylic acids is 6. The molecule has 0 atom stereocenters. The van der Waals surface area contributed by atoms with Crippen molar-refractivity contribution in [2.45, 2.75) is 36.8 Å². The summed E-state index contributed by atoms with van der Waals surface area (Å²) in [6.45, 7) is -2.03. The van der Waals surface area contributed by atoms with Gasteiger partial charge in [0.05, 0.1) is 49.9 Å². The van der Waals surface area contributed by atoms with Crippen molar-refractivity contribution in [3.8, 4) is 0 Å². The molecule has 0 aliphatic heterocycles. The Hall–Kier alpha value is -3.58. The number of carbonyl (C=O) groups is 6. The fourth-order valence-corrected chi connectivity index (χ4v) is 3.93. The molecule has 0 aliphatic carbocycles. The first-order valence-electron chi connectivity index (χ1n) is 9.93. The third kappa shape index (κ3) is 17.1. The Morgan fingerprint density at radius 3 is 1.18 bits per heavy atom. The first-order valence-corrected chi connectivity index (χ1v) is 9.93. The van der Waals surface area contributed by atoms with E-state index < -0.39 is 85.7 Å². The van der Waals surface area contributed by atoms with Gasteiger partial charge in [0.2, 0.25) is 0 Å². The quantitative estimate of drug-likeness (QED) is 0.0671. The van der Waals surface area contributed by atoms with Gasteiger partial charge >= 0.3 is 35.8 Å². The molecule has 0 bridgehead atoms. The zero-order valence-electron chi connectivity index (χ0n) is 22.5. The van der Waals surface area contributed by atoms with E-state index >= 15 is 0 Å². The van der Waals surface area contributed by atoms with Crippen LogP contribution >= 0.6 is 0 Å². The minimum Gasteiger partial charge on any atom is -0.481 e. The molecule has 0 saturated heterocycles. The van der Waals surface area contributed by atoms with Crippen LogP contribution in [0.25, 0.3) is 0 Å². The molecule has 0 unspecified atom stereocenters. The van der Waals surface area contributed by atoms with Crippen molar-refractivity contribution in [3.63, 3.8) is 0 Å². The summed E-state index contributed by atoms with van der Waals surface area (Å²) in [5.74, 6) is -10.1. The lowest BCUT2D eigenvalue weighted by atomic mass is 9.66. The number of hydrogen-bond acceptors (Lipinski definition) is 16. The van der Waals surface area contributed by atoms with E-state index in [0.29, 0.717) is 11.4 Å². The smallest absolute Gasteiger partial charge is 0.317 e. The average Bonchev–Trinajstić information content (AvgIpc) is 2.63. The number of carboxylic acid groups (broad SMARTS) is 6. The molecule has 28 N–H and O–H groups in total. The second kappa shape index (κ2) is 24.5. The predicted octanol–water partition coefficient (Wildman–Crippen LogP) is -2.06.